The lowest BCUT2D eigenvalue weighted by molar-refractivity contribution is 0.313. The Labute approximate surface area is 85.2 Å². The summed E-state index contributed by atoms with van der Waals surface area (Å²) in [6.07, 6.45) is 5.35. The summed E-state index contributed by atoms with van der Waals surface area (Å²) in [5, 5.41) is 3.32. The summed E-state index contributed by atoms with van der Waals surface area (Å²) in [6.45, 7) is 4.25. The molecule has 1 saturated heterocycles. The average molecular weight is 187 g/mol. The Bertz CT molecular complexity index is 286. The van der Waals surface area contributed by atoms with Gasteiger partial charge in [0.2, 0.25) is 0 Å². The largest absolute Gasteiger partial charge is 0.367 e. The number of hydrogen-bond donors (Lipinski definition) is 1. The lowest BCUT2D eigenvalue weighted by atomic mass is 10.2. The van der Waals surface area contributed by atoms with Gasteiger partial charge in [0.15, 0.2) is 0 Å². The molecule has 1 heterocycles. The molecule has 0 unspecified atom stereocenters. The summed E-state index contributed by atoms with van der Waals surface area (Å²) in [4.78, 5) is 2.23. The van der Waals surface area contributed by atoms with E-state index in [9.17, 15) is 0 Å². The minimum atomic E-state index is 1.06. The fourth-order valence-corrected chi connectivity index (χ4v) is 1.51. The van der Waals surface area contributed by atoms with Crippen molar-refractivity contribution in [2.24, 2.45) is 0 Å². The monoisotopic (exact) mass is 187 g/mol. The molecule has 1 aliphatic heterocycles. The van der Waals surface area contributed by atoms with E-state index in [1.54, 1.807) is 0 Å². The van der Waals surface area contributed by atoms with E-state index in [1.165, 1.54) is 5.56 Å². The second-order valence-corrected chi connectivity index (χ2v) is 3.42. The van der Waals surface area contributed by atoms with Crippen molar-refractivity contribution >= 4 is 6.08 Å². The first-order chi connectivity index (χ1) is 6.95. The van der Waals surface area contributed by atoms with Gasteiger partial charge in [0, 0.05) is 26.2 Å². The van der Waals surface area contributed by atoms with Crippen LogP contribution in [0.4, 0.5) is 0 Å². The number of nitrogens with zero attached hydrogens (tertiary/aromatic N) is 1. The summed E-state index contributed by atoms with van der Waals surface area (Å²) in [5.41, 5.74) is 1.21. The van der Waals surface area contributed by atoms with Gasteiger partial charge in [-0.3, -0.25) is 0 Å². The Morgan fingerprint density at radius 3 is 2.57 bits per heavy atom. The first-order valence-electron chi connectivity index (χ1n) is 5.05. The van der Waals surface area contributed by atoms with Crippen molar-refractivity contribution in [3.05, 3.63) is 42.1 Å². The zero-order valence-electron chi connectivity index (χ0n) is 8.24. The predicted octanol–water partition coefficient (Wildman–Crippen LogP) is 1.37. The molecular formula is C12H15N2. The number of hydrogen-bond acceptors (Lipinski definition) is 2. The van der Waals surface area contributed by atoms with Gasteiger partial charge in [-0.2, -0.15) is 0 Å². The second kappa shape index (κ2) is 4.82. The molecule has 1 radical (unpaired) electrons. The van der Waals surface area contributed by atoms with E-state index in [0.29, 0.717) is 0 Å². The smallest absolute Gasteiger partial charge is 0.0611 e. The third-order valence-corrected chi connectivity index (χ3v) is 2.33. The van der Waals surface area contributed by atoms with E-state index in [2.05, 4.69) is 28.5 Å². The zero-order valence-corrected chi connectivity index (χ0v) is 8.24. The Balaban J connectivity index is 1.93. The number of piperazine rings is 1. The third kappa shape index (κ3) is 2.60. The highest BCUT2D eigenvalue weighted by atomic mass is 15.2. The number of nitrogens with one attached hydrogen (secondary N) is 1. The normalized spacial score (nSPS) is 17.6. The van der Waals surface area contributed by atoms with Gasteiger partial charge >= 0.3 is 0 Å². The Hall–Kier alpha value is -1.28. The third-order valence-electron chi connectivity index (χ3n) is 2.33. The lowest BCUT2D eigenvalue weighted by Crippen LogP contribution is -2.40. The van der Waals surface area contributed by atoms with Crippen molar-refractivity contribution in [3.8, 4) is 0 Å². The molecule has 0 aliphatic carbocycles. The van der Waals surface area contributed by atoms with Crippen molar-refractivity contribution in [1.29, 1.82) is 0 Å². The van der Waals surface area contributed by atoms with Crippen LogP contribution in [-0.2, 0) is 0 Å². The van der Waals surface area contributed by atoms with Crippen LogP contribution in [-0.4, -0.2) is 31.1 Å². The van der Waals surface area contributed by atoms with E-state index in [1.807, 2.05) is 24.3 Å². The molecule has 14 heavy (non-hydrogen) atoms. The van der Waals surface area contributed by atoms with Crippen LogP contribution in [0.25, 0.3) is 6.08 Å². The van der Waals surface area contributed by atoms with Gasteiger partial charge in [-0.15, -0.1) is 0 Å². The molecule has 0 aromatic heterocycles. The highest BCUT2D eigenvalue weighted by molar-refractivity contribution is 5.46. The Morgan fingerprint density at radius 2 is 1.86 bits per heavy atom. The van der Waals surface area contributed by atoms with Crippen LogP contribution in [0.2, 0.25) is 0 Å². The standard InChI is InChI=1S/C12H15N2/c1-2-4-12(5-3-1)6-9-14-10-7-13-8-11-14/h1-6,13H,7-8,10-11H2. The maximum atomic E-state index is 3.32. The van der Waals surface area contributed by atoms with Crippen molar-refractivity contribution in [3.63, 3.8) is 0 Å². The fourth-order valence-electron chi connectivity index (χ4n) is 1.51. The SMILES string of the molecule is [C](=Cc1ccccc1)N1CCNCC1. The molecule has 1 fully saturated rings. The molecular weight excluding hydrogens is 172 g/mol. The van der Waals surface area contributed by atoms with Gasteiger partial charge in [-0.25, -0.2) is 0 Å². The van der Waals surface area contributed by atoms with E-state index in [0.717, 1.165) is 26.2 Å². The topological polar surface area (TPSA) is 15.3 Å². The van der Waals surface area contributed by atoms with Crippen LogP contribution < -0.4 is 5.32 Å². The molecule has 0 saturated carbocycles. The molecule has 1 aliphatic rings. The van der Waals surface area contributed by atoms with Crippen molar-refractivity contribution in [2.75, 3.05) is 26.2 Å². The summed E-state index contributed by atoms with van der Waals surface area (Å²) < 4.78 is 0. The van der Waals surface area contributed by atoms with E-state index < -0.39 is 0 Å². The highest BCUT2D eigenvalue weighted by Gasteiger charge is 2.04. The molecule has 1 aromatic rings. The summed E-state index contributed by atoms with van der Waals surface area (Å²) >= 11 is 0. The van der Waals surface area contributed by atoms with Crippen molar-refractivity contribution < 1.29 is 0 Å². The van der Waals surface area contributed by atoms with Gasteiger partial charge in [0.1, 0.15) is 0 Å². The van der Waals surface area contributed by atoms with Gasteiger partial charge in [-0.1, -0.05) is 30.3 Å². The van der Waals surface area contributed by atoms with Gasteiger partial charge in [-0.05, 0) is 11.6 Å². The number of rotatable bonds is 2. The molecule has 2 rings (SSSR count). The van der Waals surface area contributed by atoms with Crippen LogP contribution in [0.3, 0.4) is 0 Å². The molecule has 2 nitrogen and oxygen atoms in total. The summed E-state index contributed by atoms with van der Waals surface area (Å²) in [5.74, 6) is 0. The van der Waals surface area contributed by atoms with Crippen LogP contribution in [0.1, 0.15) is 5.56 Å². The van der Waals surface area contributed by atoms with Gasteiger partial charge in [0.25, 0.3) is 0 Å². The highest BCUT2D eigenvalue weighted by Crippen LogP contribution is 2.02. The van der Waals surface area contributed by atoms with Crippen LogP contribution >= 0.6 is 0 Å². The van der Waals surface area contributed by atoms with Gasteiger partial charge < -0.3 is 10.2 Å². The maximum Gasteiger partial charge on any atom is 0.0611 e. The Morgan fingerprint density at radius 1 is 1.14 bits per heavy atom. The molecule has 1 N–H and O–H groups in total. The van der Waals surface area contributed by atoms with Crippen LogP contribution in [0, 0.1) is 6.20 Å². The number of benzene rings is 1. The van der Waals surface area contributed by atoms with Crippen LogP contribution in [0.5, 0.6) is 0 Å². The molecule has 1 aromatic carbocycles. The lowest BCUT2D eigenvalue weighted by Gasteiger charge is -2.24. The van der Waals surface area contributed by atoms with Crippen LogP contribution in [0.15, 0.2) is 30.3 Å². The summed E-state index contributed by atoms with van der Waals surface area (Å²) in [7, 11) is 0. The van der Waals surface area contributed by atoms with Gasteiger partial charge in [0.05, 0.1) is 6.20 Å². The van der Waals surface area contributed by atoms with E-state index in [-0.39, 0.29) is 0 Å². The minimum Gasteiger partial charge on any atom is -0.367 e. The minimum absolute atomic E-state index is 1.06. The molecule has 0 amide bonds. The summed E-state index contributed by atoms with van der Waals surface area (Å²) in [6, 6.07) is 10.3. The average Bonchev–Trinajstić information content (AvgIpc) is 2.29. The molecule has 0 atom stereocenters. The molecule has 0 spiro atoms. The Kier molecular flexibility index (Phi) is 3.19. The zero-order chi connectivity index (χ0) is 9.64. The quantitative estimate of drug-likeness (QED) is 0.752. The predicted molar refractivity (Wildman–Crippen MR) is 58.6 cm³/mol. The fraction of sp³-hybridized carbons (Fsp3) is 0.333. The van der Waals surface area contributed by atoms with Crippen molar-refractivity contribution in [1.82, 2.24) is 10.2 Å². The molecule has 2 heteroatoms. The van der Waals surface area contributed by atoms with E-state index in [4.69, 9.17) is 0 Å². The molecule has 73 valence electrons. The molecule has 0 bridgehead atoms. The van der Waals surface area contributed by atoms with E-state index >= 15 is 0 Å². The first-order valence-corrected chi connectivity index (χ1v) is 5.05. The maximum absolute atomic E-state index is 3.32. The second-order valence-electron chi connectivity index (χ2n) is 3.42. The van der Waals surface area contributed by atoms with Crippen molar-refractivity contribution in [2.45, 2.75) is 0 Å². The first kappa shape index (κ1) is 9.28.